The molecule has 0 aliphatic carbocycles. The quantitative estimate of drug-likeness (QED) is 0.721. The van der Waals surface area contributed by atoms with Crippen LogP contribution >= 0.6 is 11.6 Å². The number of piperidine rings is 1. The number of hydrogen-bond donors (Lipinski definition) is 2. The molecule has 1 fully saturated rings. The molecule has 5 nitrogen and oxygen atoms in total. The van der Waals surface area contributed by atoms with Crippen LogP contribution in [-0.4, -0.2) is 33.8 Å². The number of nitrogen functional groups attached to an aromatic ring is 1. The van der Waals surface area contributed by atoms with Crippen molar-refractivity contribution in [2.24, 2.45) is 0 Å². The molecule has 1 aromatic heterocycles. The van der Waals surface area contributed by atoms with E-state index in [1.54, 1.807) is 0 Å². The topological polar surface area (TPSA) is 75.3 Å². The Bertz CT molecular complexity index is 396. The Labute approximate surface area is 99.3 Å². The summed E-state index contributed by atoms with van der Waals surface area (Å²) in [7, 11) is 0. The third-order valence-corrected chi connectivity index (χ3v) is 2.92. The SMILES string of the molecule is CC1(O)CCCN(c2nc(Cl)ncc2N)C1. The summed E-state index contributed by atoms with van der Waals surface area (Å²) < 4.78 is 0. The number of β-amino-alcohol motifs (C(OH)–C–C–N with tert-alkyl or cyclic N) is 1. The van der Waals surface area contributed by atoms with Crippen molar-refractivity contribution in [3.63, 3.8) is 0 Å². The van der Waals surface area contributed by atoms with Gasteiger partial charge in [0.25, 0.3) is 0 Å². The molecule has 88 valence electrons. The Morgan fingerprint density at radius 3 is 3.06 bits per heavy atom. The van der Waals surface area contributed by atoms with Crippen LogP contribution in [-0.2, 0) is 0 Å². The average Bonchev–Trinajstić information content (AvgIpc) is 2.20. The monoisotopic (exact) mass is 242 g/mol. The van der Waals surface area contributed by atoms with Gasteiger partial charge in [-0.2, -0.15) is 4.98 Å². The fraction of sp³-hybridized carbons (Fsp3) is 0.600. The molecule has 0 saturated carbocycles. The molecule has 1 saturated heterocycles. The first-order valence-corrected chi connectivity index (χ1v) is 5.61. The molecule has 1 atom stereocenters. The highest BCUT2D eigenvalue weighted by Gasteiger charge is 2.29. The van der Waals surface area contributed by atoms with E-state index in [-0.39, 0.29) is 5.28 Å². The van der Waals surface area contributed by atoms with Crippen LogP contribution < -0.4 is 10.6 Å². The zero-order valence-corrected chi connectivity index (χ0v) is 9.91. The van der Waals surface area contributed by atoms with Gasteiger partial charge in [0.05, 0.1) is 17.5 Å². The van der Waals surface area contributed by atoms with Crippen molar-refractivity contribution in [3.05, 3.63) is 11.5 Å². The lowest BCUT2D eigenvalue weighted by Gasteiger charge is -2.37. The van der Waals surface area contributed by atoms with Gasteiger partial charge in [0.2, 0.25) is 5.28 Å². The summed E-state index contributed by atoms with van der Waals surface area (Å²) in [5, 5.41) is 10.2. The van der Waals surface area contributed by atoms with E-state index < -0.39 is 5.60 Å². The van der Waals surface area contributed by atoms with E-state index >= 15 is 0 Å². The normalized spacial score (nSPS) is 25.8. The van der Waals surface area contributed by atoms with Crippen molar-refractivity contribution in [2.75, 3.05) is 23.7 Å². The van der Waals surface area contributed by atoms with Gasteiger partial charge in [-0.1, -0.05) is 0 Å². The number of halogens is 1. The minimum atomic E-state index is -0.692. The van der Waals surface area contributed by atoms with Gasteiger partial charge in [0.1, 0.15) is 0 Å². The molecular weight excluding hydrogens is 228 g/mol. The predicted octanol–water partition coefficient (Wildman–Crippen LogP) is 1.06. The summed E-state index contributed by atoms with van der Waals surface area (Å²) in [6.45, 7) is 3.16. The fourth-order valence-electron chi connectivity index (χ4n) is 2.02. The van der Waals surface area contributed by atoms with Crippen LogP contribution in [0, 0.1) is 0 Å². The zero-order chi connectivity index (χ0) is 11.8. The van der Waals surface area contributed by atoms with Crippen LogP contribution in [0.3, 0.4) is 0 Å². The molecule has 0 amide bonds. The summed E-state index contributed by atoms with van der Waals surface area (Å²) in [6, 6.07) is 0. The van der Waals surface area contributed by atoms with Gasteiger partial charge in [-0.3, -0.25) is 0 Å². The Kier molecular flexibility index (Phi) is 2.90. The maximum Gasteiger partial charge on any atom is 0.224 e. The van der Waals surface area contributed by atoms with Gasteiger partial charge >= 0.3 is 0 Å². The Morgan fingerprint density at radius 2 is 2.38 bits per heavy atom. The smallest absolute Gasteiger partial charge is 0.224 e. The van der Waals surface area contributed by atoms with Crippen LogP contribution in [0.5, 0.6) is 0 Å². The minimum absolute atomic E-state index is 0.175. The summed E-state index contributed by atoms with van der Waals surface area (Å²) >= 11 is 5.74. The number of aliphatic hydroxyl groups is 1. The van der Waals surface area contributed by atoms with Crippen LogP contribution in [0.4, 0.5) is 11.5 Å². The molecular formula is C10H15ClN4O. The molecule has 1 aliphatic rings. The standard InChI is InChI=1S/C10H15ClN4O/c1-10(16)3-2-4-15(6-10)8-7(12)5-13-9(11)14-8/h5,16H,2-4,6,12H2,1H3. The van der Waals surface area contributed by atoms with E-state index in [9.17, 15) is 5.11 Å². The first-order chi connectivity index (χ1) is 7.48. The summed E-state index contributed by atoms with van der Waals surface area (Å²) in [5.74, 6) is 0.611. The fourth-order valence-corrected chi connectivity index (χ4v) is 2.14. The minimum Gasteiger partial charge on any atom is -0.394 e. The number of anilines is 2. The van der Waals surface area contributed by atoms with Gasteiger partial charge in [0.15, 0.2) is 5.82 Å². The molecule has 1 unspecified atom stereocenters. The third-order valence-electron chi connectivity index (χ3n) is 2.74. The van der Waals surface area contributed by atoms with Crippen LogP contribution in [0.1, 0.15) is 19.8 Å². The molecule has 0 aromatic carbocycles. The molecule has 0 radical (unpaired) electrons. The third kappa shape index (κ3) is 2.36. The lowest BCUT2D eigenvalue weighted by molar-refractivity contribution is 0.0447. The lowest BCUT2D eigenvalue weighted by Crippen LogP contribution is -2.46. The van der Waals surface area contributed by atoms with E-state index in [1.165, 1.54) is 6.20 Å². The van der Waals surface area contributed by atoms with Crippen molar-refractivity contribution >= 4 is 23.1 Å². The molecule has 1 aromatic rings. The van der Waals surface area contributed by atoms with E-state index in [4.69, 9.17) is 17.3 Å². The Balaban J connectivity index is 2.26. The van der Waals surface area contributed by atoms with Gasteiger partial charge in [-0.15, -0.1) is 0 Å². The van der Waals surface area contributed by atoms with Gasteiger partial charge in [0, 0.05) is 13.1 Å². The highest BCUT2D eigenvalue weighted by molar-refractivity contribution is 6.28. The summed E-state index contributed by atoms with van der Waals surface area (Å²) in [4.78, 5) is 9.87. The summed E-state index contributed by atoms with van der Waals surface area (Å²) in [5.41, 5.74) is 5.60. The van der Waals surface area contributed by atoms with Gasteiger partial charge in [-0.05, 0) is 31.4 Å². The molecule has 0 spiro atoms. The zero-order valence-electron chi connectivity index (χ0n) is 9.15. The van der Waals surface area contributed by atoms with E-state index in [1.807, 2.05) is 11.8 Å². The van der Waals surface area contributed by atoms with Crippen molar-refractivity contribution in [1.29, 1.82) is 0 Å². The molecule has 6 heteroatoms. The second kappa shape index (κ2) is 4.07. The molecule has 1 aliphatic heterocycles. The first kappa shape index (κ1) is 11.4. The lowest BCUT2D eigenvalue weighted by atomic mass is 9.95. The maximum atomic E-state index is 10.0. The van der Waals surface area contributed by atoms with Crippen molar-refractivity contribution in [2.45, 2.75) is 25.4 Å². The highest BCUT2D eigenvalue weighted by atomic mass is 35.5. The molecule has 3 N–H and O–H groups in total. The van der Waals surface area contributed by atoms with Crippen molar-refractivity contribution in [3.8, 4) is 0 Å². The number of aromatic nitrogens is 2. The largest absolute Gasteiger partial charge is 0.394 e. The van der Waals surface area contributed by atoms with E-state index in [0.29, 0.717) is 18.1 Å². The molecule has 0 bridgehead atoms. The van der Waals surface area contributed by atoms with Gasteiger partial charge < -0.3 is 15.7 Å². The average molecular weight is 243 g/mol. The van der Waals surface area contributed by atoms with Crippen molar-refractivity contribution in [1.82, 2.24) is 9.97 Å². The van der Waals surface area contributed by atoms with Crippen LogP contribution in [0.25, 0.3) is 0 Å². The number of hydrogen-bond acceptors (Lipinski definition) is 5. The predicted molar refractivity (Wildman–Crippen MR) is 63.5 cm³/mol. The van der Waals surface area contributed by atoms with Crippen molar-refractivity contribution < 1.29 is 5.11 Å². The maximum absolute atomic E-state index is 10.0. The number of rotatable bonds is 1. The molecule has 2 rings (SSSR count). The Hall–Kier alpha value is -1.07. The highest BCUT2D eigenvalue weighted by Crippen LogP contribution is 2.28. The molecule has 2 heterocycles. The second-order valence-electron chi connectivity index (χ2n) is 4.44. The first-order valence-electron chi connectivity index (χ1n) is 5.23. The van der Waals surface area contributed by atoms with Crippen LogP contribution in [0.2, 0.25) is 5.28 Å². The Morgan fingerprint density at radius 1 is 1.62 bits per heavy atom. The number of nitrogens with zero attached hydrogens (tertiary/aromatic N) is 3. The van der Waals surface area contributed by atoms with Gasteiger partial charge in [-0.25, -0.2) is 4.98 Å². The summed E-state index contributed by atoms with van der Waals surface area (Å²) in [6.07, 6.45) is 3.20. The molecule has 16 heavy (non-hydrogen) atoms. The second-order valence-corrected chi connectivity index (χ2v) is 4.78. The van der Waals surface area contributed by atoms with Crippen LogP contribution in [0.15, 0.2) is 6.20 Å². The van der Waals surface area contributed by atoms with E-state index in [2.05, 4.69) is 9.97 Å². The number of nitrogens with two attached hydrogens (primary N) is 1. The van der Waals surface area contributed by atoms with E-state index in [0.717, 1.165) is 19.4 Å².